The van der Waals surface area contributed by atoms with E-state index >= 15 is 0 Å². The number of rotatable bonds is 6. The van der Waals surface area contributed by atoms with Gasteiger partial charge in [-0.3, -0.25) is 0 Å². The van der Waals surface area contributed by atoms with Crippen molar-refractivity contribution in [3.05, 3.63) is 0 Å². The molecule has 1 saturated heterocycles. The Hall–Kier alpha value is 0.250. The van der Waals surface area contributed by atoms with Gasteiger partial charge in [-0.15, -0.1) is 0 Å². The third-order valence-corrected chi connectivity index (χ3v) is 3.72. The summed E-state index contributed by atoms with van der Waals surface area (Å²) in [5.74, 6) is 0. The van der Waals surface area contributed by atoms with Crippen LogP contribution >= 0.6 is 0 Å². The number of nitrogens with one attached hydrogen (secondary N) is 1. The molecular weight excluding hydrogens is 206 g/mol. The molecule has 0 saturated carbocycles. The first kappa shape index (κ1) is 15.2. The highest BCUT2D eigenvalue weighted by Gasteiger charge is 2.23. The number of quaternary nitrogens is 1. The molecule has 1 aliphatic heterocycles. The maximum atomic E-state index is 2.36. The molecule has 1 N–H and O–H groups in total. The fourth-order valence-corrected chi connectivity index (χ4v) is 2.75. The predicted molar refractivity (Wildman–Crippen MR) is 62.8 cm³/mol. The summed E-state index contributed by atoms with van der Waals surface area (Å²) in [6, 6.07) is 0.991. The Balaban J connectivity index is 0.00000196. The molecule has 1 nitrogen and oxygen atoms in total. The molecule has 15 heavy (non-hydrogen) atoms. The largest absolute Gasteiger partial charge is 1.00 e. The van der Waals surface area contributed by atoms with E-state index in [1.54, 1.807) is 0 Å². The molecule has 1 aliphatic rings. The Kier molecular flexibility index (Phi) is 9.63. The SMILES string of the molecule is CCCCCC[NH+]1CCCCC1CC.[Cl-]. The van der Waals surface area contributed by atoms with Crippen LogP contribution in [0.5, 0.6) is 0 Å². The van der Waals surface area contributed by atoms with Gasteiger partial charge in [0.2, 0.25) is 0 Å². The van der Waals surface area contributed by atoms with Crippen molar-refractivity contribution in [2.24, 2.45) is 0 Å². The Labute approximate surface area is 102 Å². The number of hydrogen-bond donors (Lipinski definition) is 1. The molecule has 0 radical (unpaired) electrons. The standard InChI is InChI=1S/C13H27N.ClH/c1-3-5-6-8-11-14-12-9-7-10-13(14)4-2;/h13H,3-12H2,1-2H3;1H. The van der Waals surface area contributed by atoms with E-state index < -0.39 is 0 Å². The van der Waals surface area contributed by atoms with E-state index in [-0.39, 0.29) is 12.4 Å². The Morgan fingerprint density at radius 2 is 1.87 bits per heavy atom. The zero-order valence-electron chi connectivity index (χ0n) is 10.5. The third-order valence-electron chi connectivity index (χ3n) is 3.72. The minimum absolute atomic E-state index is 0. The van der Waals surface area contributed by atoms with Crippen molar-refractivity contribution in [3.63, 3.8) is 0 Å². The molecule has 0 bridgehead atoms. The number of likely N-dealkylation sites (tertiary alicyclic amines) is 1. The third kappa shape index (κ3) is 5.77. The van der Waals surface area contributed by atoms with Crippen LogP contribution in [0.25, 0.3) is 0 Å². The minimum atomic E-state index is 0. The van der Waals surface area contributed by atoms with E-state index in [1.165, 1.54) is 64.5 Å². The zero-order chi connectivity index (χ0) is 10.2. The van der Waals surface area contributed by atoms with Crippen molar-refractivity contribution in [1.29, 1.82) is 0 Å². The van der Waals surface area contributed by atoms with Gasteiger partial charge in [-0.1, -0.05) is 26.7 Å². The van der Waals surface area contributed by atoms with E-state index in [9.17, 15) is 0 Å². The summed E-state index contributed by atoms with van der Waals surface area (Å²) in [6.07, 6.45) is 11.5. The molecule has 2 heteroatoms. The quantitative estimate of drug-likeness (QED) is 0.586. The molecule has 0 amide bonds. The highest BCUT2D eigenvalue weighted by Crippen LogP contribution is 2.06. The van der Waals surface area contributed by atoms with E-state index in [1.807, 2.05) is 4.90 Å². The highest BCUT2D eigenvalue weighted by atomic mass is 35.5. The second-order valence-electron chi connectivity index (χ2n) is 4.82. The molecule has 1 fully saturated rings. The fourth-order valence-electron chi connectivity index (χ4n) is 2.75. The zero-order valence-corrected chi connectivity index (χ0v) is 11.3. The minimum Gasteiger partial charge on any atom is -1.00 e. The maximum absolute atomic E-state index is 2.36. The van der Waals surface area contributed by atoms with Gasteiger partial charge in [0.05, 0.1) is 19.1 Å². The van der Waals surface area contributed by atoms with Crippen molar-refractivity contribution >= 4 is 0 Å². The highest BCUT2D eigenvalue weighted by molar-refractivity contribution is 4.59. The number of halogens is 1. The Morgan fingerprint density at radius 1 is 1.07 bits per heavy atom. The fraction of sp³-hybridized carbons (Fsp3) is 1.00. The van der Waals surface area contributed by atoms with Crippen molar-refractivity contribution in [1.82, 2.24) is 0 Å². The van der Waals surface area contributed by atoms with E-state index in [0.29, 0.717) is 0 Å². The van der Waals surface area contributed by atoms with Crippen LogP contribution in [0.3, 0.4) is 0 Å². The van der Waals surface area contributed by atoms with Gasteiger partial charge in [0.25, 0.3) is 0 Å². The van der Waals surface area contributed by atoms with Crippen LogP contribution in [-0.4, -0.2) is 19.1 Å². The first-order chi connectivity index (χ1) is 6.88. The van der Waals surface area contributed by atoms with Crippen LogP contribution in [0, 0.1) is 0 Å². The van der Waals surface area contributed by atoms with Gasteiger partial charge in [-0.25, -0.2) is 0 Å². The second-order valence-corrected chi connectivity index (χ2v) is 4.82. The molecular formula is C13H28ClN. The van der Waals surface area contributed by atoms with Gasteiger partial charge in [-0.2, -0.15) is 0 Å². The van der Waals surface area contributed by atoms with Crippen LogP contribution in [0.15, 0.2) is 0 Å². The molecule has 0 aromatic rings. The number of piperidine rings is 1. The summed E-state index contributed by atoms with van der Waals surface area (Å²) in [5.41, 5.74) is 0. The summed E-state index contributed by atoms with van der Waals surface area (Å²) >= 11 is 0. The summed E-state index contributed by atoms with van der Waals surface area (Å²) in [5, 5.41) is 0. The van der Waals surface area contributed by atoms with Crippen molar-refractivity contribution in [2.75, 3.05) is 13.1 Å². The predicted octanol–water partition coefficient (Wildman–Crippen LogP) is -0.582. The summed E-state index contributed by atoms with van der Waals surface area (Å²) in [4.78, 5) is 1.91. The number of hydrogen-bond acceptors (Lipinski definition) is 0. The summed E-state index contributed by atoms with van der Waals surface area (Å²) in [7, 11) is 0. The van der Waals surface area contributed by atoms with Crippen molar-refractivity contribution < 1.29 is 17.3 Å². The van der Waals surface area contributed by atoms with Gasteiger partial charge in [0.15, 0.2) is 0 Å². The molecule has 92 valence electrons. The smallest absolute Gasteiger partial charge is 0.0872 e. The molecule has 2 atom stereocenters. The monoisotopic (exact) mass is 233 g/mol. The van der Waals surface area contributed by atoms with Crippen LogP contribution in [0.2, 0.25) is 0 Å². The lowest BCUT2D eigenvalue weighted by molar-refractivity contribution is -0.931. The Bertz CT molecular complexity index is 138. The number of unbranched alkanes of at least 4 members (excludes halogenated alkanes) is 3. The molecule has 0 aromatic heterocycles. The topological polar surface area (TPSA) is 4.44 Å². The van der Waals surface area contributed by atoms with Crippen molar-refractivity contribution in [3.8, 4) is 0 Å². The lowest BCUT2D eigenvalue weighted by Crippen LogP contribution is -3.16. The lowest BCUT2D eigenvalue weighted by Gasteiger charge is -2.32. The van der Waals surface area contributed by atoms with Gasteiger partial charge in [-0.05, 0) is 38.5 Å². The maximum Gasteiger partial charge on any atom is 0.0872 e. The average molecular weight is 234 g/mol. The first-order valence-corrected chi connectivity index (χ1v) is 6.73. The first-order valence-electron chi connectivity index (χ1n) is 6.73. The van der Waals surface area contributed by atoms with Crippen LogP contribution in [0.1, 0.15) is 65.2 Å². The molecule has 1 rings (SSSR count). The molecule has 2 unspecified atom stereocenters. The average Bonchev–Trinajstić information content (AvgIpc) is 2.25. The summed E-state index contributed by atoms with van der Waals surface area (Å²) in [6.45, 7) is 7.55. The molecule has 0 aliphatic carbocycles. The van der Waals surface area contributed by atoms with E-state index in [0.717, 1.165) is 6.04 Å². The van der Waals surface area contributed by atoms with E-state index in [2.05, 4.69) is 13.8 Å². The molecule has 1 heterocycles. The van der Waals surface area contributed by atoms with Gasteiger partial charge < -0.3 is 17.3 Å². The molecule has 0 spiro atoms. The van der Waals surface area contributed by atoms with Crippen LogP contribution in [-0.2, 0) is 0 Å². The second kappa shape index (κ2) is 9.47. The van der Waals surface area contributed by atoms with Crippen LogP contribution in [0.4, 0.5) is 0 Å². The van der Waals surface area contributed by atoms with Gasteiger partial charge in [0.1, 0.15) is 0 Å². The van der Waals surface area contributed by atoms with Crippen LogP contribution < -0.4 is 17.3 Å². The van der Waals surface area contributed by atoms with Gasteiger partial charge >= 0.3 is 0 Å². The Morgan fingerprint density at radius 3 is 2.53 bits per heavy atom. The van der Waals surface area contributed by atoms with Crippen molar-refractivity contribution in [2.45, 2.75) is 71.3 Å². The van der Waals surface area contributed by atoms with Gasteiger partial charge in [0, 0.05) is 0 Å². The van der Waals surface area contributed by atoms with E-state index in [4.69, 9.17) is 0 Å². The summed E-state index contributed by atoms with van der Waals surface area (Å²) < 4.78 is 0. The molecule has 0 aromatic carbocycles. The lowest BCUT2D eigenvalue weighted by atomic mass is 9.99. The normalized spacial score (nSPS) is 26.0.